The van der Waals surface area contributed by atoms with E-state index in [0.29, 0.717) is 0 Å². The first kappa shape index (κ1) is 36.9. The Labute approximate surface area is 236 Å². The summed E-state index contributed by atoms with van der Waals surface area (Å²) in [6, 6.07) is 0. The molecule has 0 amide bonds. The molecule has 2 heteroatoms. The molecule has 0 radical (unpaired) electrons. The minimum atomic E-state index is -0.232. The third-order valence-electron chi connectivity index (χ3n) is 8.38. The molecular formula is C35H73NO. The standard InChI is InChI=1S/C35H73NO/c1-4-7-9-11-13-15-17-19-21-23-25-27-29-31-33-36(35(37)6-3)34-32-30-28-26-24-22-20-18-16-14-12-10-8-5-2/h35,37H,4-34H2,1-3H3. The largest absolute Gasteiger partial charge is 0.378 e. The summed E-state index contributed by atoms with van der Waals surface area (Å²) in [6.45, 7) is 8.89. The molecule has 1 unspecified atom stereocenters. The van der Waals surface area contributed by atoms with E-state index in [1.807, 2.05) is 0 Å². The molecule has 0 aromatic heterocycles. The molecule has 0 aromatic rings. The lowest BCUT2D eigenvalue weighted by Crippen LogP contribution is -2.36. The number of nitrogens with zero attached hydrogens (tertiary/aromatic N) is 1. The molecule has 0 heterocycles. The highest BCUT2D eigenvalue weighted by molar-refractivity contribution is 4.62. The number of hydrogen-bond donors (Lipinski definition) is 1. The molecule has 37 heavy (non-hydrogen) atoms. The molecule has 0 rings (SSSR count). The highest BCUT2D eigenvalue weighted by Crippen LogP contribution is 2.15. The average Bonchev–Trinajstić information content (AvgIpc) is 2.91. The second-order valence-corrected chi connectivity index (χ2v) is 12.1. The van der Waals surface area contributed by atoms with Crippen molar-refractivity contribution in [1.82, 2.24) is 4.90 Å². The minimum absolute atomic E-state index is 0.232. The van der Waals surface area contributed by atoms with Gasteiger partial charge in [-0.3, -0.25) is 4.90 Å². The predicted octanol–water partition coefficient (Wildman–Crippen LogP) is 12.0. The average molecular weight is 524 g/mol. The lowest BCUT2D eigenvalue weighted by atomic mass is 10.0. The van der Waals surface area contributed by atoms with Gasteiger partial charge >= 0.3 is 0 Å². The molecule has 0 saturated heterocycles. The molecular weight excluding hydrogens is 450 g/mol. The van der Waals surface area contributed by atoms with Gasteiger partial charge in [-0.1, -0.05) is 188 Å². The van der Waals surface area contributed by atoms with Gasteiger partial charge in [-0.15, -0.1) is 0 Å². The predicted molar refractivity (Wildman–Crippen MR) is 168 cm³/mol. The summed E-state index contributed by atoms with van der Waals surface area (Å²) in [7, 11) is 0. The van der Waals surface area contributed by atoms with Crippen LogP contribution in [-0.4, -0.2) is 29.3 Å². The normalized spacial score (nSPS) is 12.6. The Bertz CT molecular complexity index is 367. The van der Waals surface area contributed by atoms with Gasteiger partial charge in [-0.25, -0.2) is 0 Å². The lowest BCUT2D eigenvalue weighted by Gasteiger charge is -2.27. The molecule has 1 atom stereocenters. The summed E-state index contributed by atoms with van der Waals surface area (Å²) in [6.07, 6.45) is 40.1. The van der Waals surface area contributed by atoms with Gasteiger partial charge in [0.25, 0.3) is 0 Å². The van der Waals surface area contributed by atoms with E-state index in [1.165, 1.54) is 180 Å². The monoisotopic (exact) mass is 524 g/mol. The van der Waals surface area contributed by atoms with E-state index >= 15 is 0 Å². The Balaban J connectivity index is 3.50. The van der Waals surface area contributed by atoms with E-state index in [2.05, 4.69) is 25.7 Å². The van der Waals surface area contributed by atoms with Crippen molar-refractivity contribution in [3.05, 3.63) is 0 Å². The first-order valence-corrected chi connectivity index (χ1v) is 17.7. The van der Waals surface area contributed by atoms with Crippen molar-refractivity contribution in [2.24, 2.45) is 0 Å². The van der Waals surface area contributed by atoms with Crippen molar-refractivity contribution in [2.45, 2.75) is 213 Å². The van der Waals surface area contributed by atoms with Gasteiger partial charge in [-0.05, 0) is 19.3 Å². The van der Waals surface area contributed by atoms with Crippen LogP contribution in [0.25, 0.3) is 0 Å². The van der Waals surface area contributed by atoms with E-state index in [1.54, 1.807) is 0 Å². The van der Waals surface area contributed by atoms with Crippen LogP contribution in [0.15, 0.2) is 0 Å². The Kier molecular flexibility index (Phi) is 32.1. The molecule has 224 valence electrons. The molecule has 0 saturated carbocycles. The molecule has 1 N–H and O–H groups in total. The highest BCUT2D eigenvalue weighted by atomic mass is 16.3. The molecule has 2 nitrogen and oxygen atoms in total. The fraction of sp³-hybridized carbons (Fsp3) is 1.00. The Morgan fingerprint density at radius 1 is 0.351 bits per heavy atom. The van der Waals surface area contributed by atoms with Crippen LogP contribution in [0.4, 0.5) is 0 Å². The second kappa shape index (κ2) is 32.1. The summed E-state index contributed by atoms with van der Waals surface area (Å²) in [5.74, 6) is 0. The van der Waals surface area contributed by atoms with Crippen LogP contribution < -0.4 is 0 Å². The van der Waals surface area contributed by atoms with Crippen LogP contribution in [0.3, 0.4) is 0 Å². The van der Waals surface area contributed by atoms with Crippen LogP contribution >= 0.6 is 0 Å². The number of unbranched alkanes of at least 4 members (excludes halogenated alkanes) is 26. The van der Waals surface area contributed by atoms with Crippen LogP contribution in [0.5, 0.6) is 0 Å². The van der Waals surface area contributed by atoms with Crippen LogP contribution in [0.1, 0.15) is 207 Å². The summed E-state index contributed by atoms with van der Waals surface area (Å²) in [5, 5.41) is 10.5. The SMILES string of the molecule is CCCCCCCCCCCCCCCCN(CCCCCCCCCCCCCCCC)C(O)CC. The van der Waals surface area contributed by atoms with E-state index < -0.39 is 0 Å². The number of rotatable bonds is 32. The molecule has 0 bridgehead atoms. The highest BCUT2D eigenvalue weighted by Gasteiger charge is 2.12. The zero-order valence-electron chi connectivity index (χ0n) is 26.4. The Morgan fingerprint density at radius 3 is 0.784 bits per heavy atom. The maximum absolute atomic E-state index is 10.5. The van der Waals surface area contributed by atoms with E-state index in [0.717, 1.165) is 19.5 Å². The number of hydrogen-bond acceptors (Lipinski definition) is 2. The Morgan fingerprint density at radius 2 is 0.568 bits per heavy atom. The van der Waals surface area contributed by atoms with Crippen LogP contribution in [-0.2, 0) is 0 Å². The first-order chi connectivity index (χ1) is 18.3. The summed E-state index contributed by atoms with van der Waals surface area (Å²) >= 11 is 0. The smallest absolute Gasteiger partial charge is 0.107 e. The summed E-state index contributed by atoms with van der Waals surface area (Å²) < 4.78 is 0. The van der Waals surface area contributed by atoms with Crippen molar-refractivity contribution in [3.63, 3.8) is 0 Å². The third kappa shape index (κ3) is 28.7. The minimum Gasteiger partial charge on any atom is -0.378 e. The maximum atomic E-state index is 10.5. The van der Waals surface area contributed by atoms with Gasteiger partial charge in [0.15, 0.2) is 0 Å². The second-order valence-electron chi connectivity index (χ2n) is 12.1. The molecule has 0 aliphatic heterocycles. The molecule has 0 fully saturated rings. The van der Waals surface area contributed by atoms with Gasteiger partial charge < -0.3 is 5.11 Å². The number of aliphatic hydroxyl groups is 1. The third-order valence-corrected chi connectivity index (χ3v) is 8.38. The lowest BCUT2D eigenvalue weighted by molar-refractivity contribution is -0.00101. The Hall–Kier alpha value is -0.0800. The van der Waals surface area contributed by atoms with Crippen molar-refractivity contribution in [3.8, 4) is 0 Å². The fourth-order valence-corrected chi connectivity index (χ4v) is 5.69. The van der Waals surface area contributed by atoms with Gasteiger partial charge in [0, 0.05) is 13.1 Å². The quantitative estimate of drug-likeness (QED) is 0.0700. The maximum Gasteiger partial charge on any atom is 0.107 e. The van der Waals surface area contributed by atoms with Gasteiger partial charge in [0.1, 0.15) is 6.23 Å². The first-order valence-electron chi connectivity index (χ1n) is 17.7. The fourth-order valence-electron chi connectivity index (χ4n) is 5.69. The zero-order valence-corrected chi connectivity index (χ0v) is 26.4. The number of aliphatic hydroxyl groups excluding tert-OH is 1. The molecule has 0 aromatic carbocycles. The topological polar surface area (TPSA) is 23.5 Å². The van der Waals surface area contributed by atoms with E-state index in [-0.39, 0.29) is 6.23 Å². The van der Waals surface area contributed by atoms with Crippen LogP contribution in [0.2, 0.25) is 0 Å². The van der Waals surface area contributed by atoms with Gasteiger partial charge in [0.2, 0.25) is 0 Å². The summed E-state index contributed by atoms with van der Waals surface area (Å²) in [4.78, 5) is 2.36. The van der Waals surface area contributed by atoms with Crippen molar-refractivity contribution < 1.29 is 5.11 Å². The molecule has 0 aliphatic rings. The van der Waals surface area contributed by atoms with Gasteiger partial charge in [-0.2, -0.15) is 0 Å². The summed E-state index contributed by atoms with van der Waals surface area (Å²) in [5.41, 5.74) is 0. The van der Waals surface area contributed by atoms with Crippen LogP contribution in [0, 0.1) is 0 Å². The van der Waals surface area contributed by atoms with E-state index in [4.69, 9.17) is 0 Å². The molecule has 0 spiro atoms. The molecule has 0 aliphatic carbocycles. The van der Waals surface area contributed by atoms with Gasteiger partial charge in [0.05, 0.1) is 0 Å². The zero-order chi connectivity index (χ0) is 27.1. The van der Waals surface area contributed by atoms with Crippen molar-refractivity contribution in [2.75, 3.05) is 13.1 Å². The van der Waals surface area contributed by atoms with E-state index in [9.17, 15) is 5.11 Å². The van der Waals surface area contributed by atoms with Crippen molar-refractivity contribution >= 4 is 0 Å². The van der Waals surface area contributed by atoms with Crippen molar-refractivity contribution in [1.29, 1.82) is 0 Å².